The van der Waals surface area contributed by atoms with E-state index in [2.05, 4.69) is 9.59 Å². The molecule has 0 spiro atoms. The Kier molecular flexibility index (Phi) is 5.36. The van der Waals surface area contributed by atoms with E-state index >= 15 is 0 Å². The summed E-state index contributed by atoms with van der Waals surface area (Å²) in [5.74, 6) is 0.0553. The molecule has 2 aromatic rings. The number of rotatable bonds is 4. The zero-order valence-electron chi connectivity index (χ0n) is 13.5. The molecule has 25 heavy (non-hydrogen) atoms. The predicted octanol–water partition coefficient (Wildman–Crippen LogP) is 4.04. The molecule has 8 heteroatoms. The fraction of sp³-hybridized carbons (Fsp3) is 0.471. The Morgan fingerprint density at radius 2 is 2.12 bits per heavy atom. The van der Waals surface area contributed by atoms with Gasteiger partial charge in [0.1, 0.15) is 0 Å². The fourth-order valence-corrected chi connectivity index (χ4v) is 3.71. The van der Waals surface area contributed by atoms with Crippen molar-refractivity contribution in [3.63, 3.8) is 0 Å². The summed E-state index contributed by atoms with van der Waals surface area (Å²) in [6.45, 7) is 1.22. The minimum absolute atomic E-state index is 0.144. The molecule has 4 nitrogen and oxygen atoms in total. The predicted molar refractivity (Wildman–Crippen MR) is 88.3 cm³/mol. The van der Waals surface area contributed by atoms with Crippen LogP contribution in [-0.4, -0.2) is 33.5 Å². The maximum atomic E-state index is 13.1. The zero-order chi connectivity index (χ0) is 17.9. The number of alkyl halides is 3. The third kappa shape index (κ3) is 4.36. The van der Waals surface area contributed by atoms with Crippen molar-refractivity contribution in [3.05, 3.63) is 46.5 Å². The maximum absolute atomic E-state index is 13.1. The van der Waals surface area contributed by atoms with Gasteiger partial charge in [0.05, 0.1) is 5.56 Å². The van der Waals surface area contributed by atoms with Crippen LogP contribution in [-0.2, 0) is 12.6 Å². The first kappa shape index (κ1) is 17.8. The molecule has 1 aliphatic heterocycles. The molecule has 0 bridgehead atoms. The van der Waals surface area contributed by atoms with E-state index < -0.39 is 11.7 Å². The van der Waals surface area contributed by atoms with Crippen LogP contribution in [0.2, 0.25) is 0 Å². The topological polar surface area (TPSA) is 46.1 Å². The van der Waals surface area contributed by atoms with Crippen molar-refractivity contribution in [2.75, 3.05) is 13.1 Å². The van der Waals surface area contributed by atoms with Crippen LogP contribution in [0.25, 0.3) is 0 Å². The zero-order valence-corrected chi connectivity index (χ0v) is 14.3. The summed E-state index contributed by atoms with van der Waals surface area (Å²) in [4.78, 5) is 14.1. The standard InChI is InChI=1S/C17H18F3N3OS/c18-17(19,20)14-6-2-1-5-13(14)8-7-12-4-3-9-23(10-12)16(24)15-11-25-22-21-15/h1-2,5-6,11-12H,3-4,7-10H2. The Labute approximate surface area is 147 Å². The number of hydrogen-bond donors (Lipinski definition) is 0. The van der Waals surface area contributed by atoms with Crippen molar-refractivity contribution in [3.8, 4) is 0 Å². The van der Waals surface area contributed by atoms with Crippen LogP contribution in [0, 0.1) is 5.92 Å². The Balaban J connectivity index is 1.62. The fourth-order valence-electron chi connectivity index (χ4n) is 3.28. The lowest BCUT2D eigenvalue weighted by Gasteiger charge is -2.32. The SMILES string of the molecule is O=C(c1csnn1)N1CCCC(CCc2ccccc2C(F)(F)F)C1. The monoisotopic (exact) mass is 369 g/mol. The van der Waals surface area contributed by atoms with Gasteiger partial charge in [0.2, 0.25) is 0 Å². The number of amides is 1. The number of aromatic nitrogens is 2. The summed E-state index contributed by atoms with van der Waals surface area (Å²) < 4.78 is 42.9. The molecule has 1 saturated heterocycles. The molecule has 1 amide bonds. The van der Waals surface area contributed by atoms with E-state index in [9.17, 15) is 18.0 Å². The smallest absolute Gasteiger partial charge is 0.337 e. The molecule has 1 atom stereocenters. The molecule has 0 radical (unpaired) electrons. The maximum Gasteiger partial charge on any atom is 0.416 e. The third-order valence-corrected chi connectivity index (χ3v) is 5.03. The number of piperidine rings is 1. The number of hydrogen-bond acceptors (Lipinski definition) is 4. The first-order chi connectivity index (χ1) is 11.9. The molecule has 3 rings (SSSR count). The number of carbonyl (C=O) groups excluding carboxylic acids is 1. The quantitative estimate of drug-likeness (QED) is 0.817. The number of benzene rings is 1. The summed E-state index contributed by atoms with van der Waals surface area (Å²) in [5, 5.41) is 5.42. The van der Waals surface area contributed by atoms with Gasteiger partial charge < -0.3 is 4.90 Å². The van der Waals surface area contributed by atoms with Gasteiger partial charge in [-0.3, -0.25) is 4.79 Å². The van der Waals surface area contributed by atoms with E-state index in [-0.39, 0.29) is 11.8 Å². The van der Waals surface area contributed by atoms with Crippen molar-refractivity contribution in [1.29, 1.82) is 0 Å². The molecule has 0 aliphatic carbocycles. The van der Waals surface area contributed by atoms with E-state index in [1.165, 1.54) is 12.1 Å². The van der Waals surface area contributed by atoms with Gasteiger partial charge >= 0.3 is 6.18 Å². The Hall–Kier alpha value is -1.96. The molecule has 0 N–H and O–H groups in total. The Bertz CT molecular complexity index is 718. The van der Waals surface area contributed by atoms with Crippen molar-refractivity contribution < 1.29 is 18.0 Å². The second-order valence-electron chi connectivity index (χ2n) is 6.24. The summed E-state index contributed by atoms with van der Waals surface area (Å²) in [6.07, 6.45) is -1.56. The van der Waals surface area contributed by atoms with Crippen LogP contribution in [0.4, 0.5) is 13.2 Å². The molecule has 134 valence electrons. The average molecular weight is 369 g/mol. The summed E-state index contributed by atoms with van der Waals surface area (Å²) in [6, 6.07) is 5.71. The normalized spacial score (nSPS) is 18.4. The van der Waals surface area contributed by atoms with Gasteiger partial charge in [-0.25, -0.2) is 0 Å². The molecule has 1 fully saturated rings. The molecular formula is C17H18F3N3OS. The highest BCUT2D eigenvalue weighted by atomic mass is 32.1. The minimum atomic E-state index is -4.33. The summed E-state index contributed by atoms with van der Waals surface area (Å²) in [5.41, 5.74) is 0.0995. The third-order valence-electron chi connectivity index (χ3n) is 4.53. The van der Waals surface area contributed by atoms with Gasteiger partial charge in [0.25, 0.3) is 5.91 Å². The first-order valence-corrected chi connectivity index (χ1v) is 9.00. The molecular weight excluding hydrogens is 351 g/mol. The highest BCUT2D eigenvalue weighted by Crippen LogP contribution is 2.33. The highest BCUT2D eigenvalue weighted by molar-refractivity contribution is 7.03. The molecule has 1 unspecified atom stereocenters. The molecule has 0 saturated carbocycles. The number of nitrogens with zero attached hydrogens (tertiary/aromatic N) is 3. The lowest BCUT2D eigenvalue weighted by atomic mass is 9.90. The number of likely N-dealkylation sites (tertiary alicyclic amines) is 1. The minimum Gasteiger partial charge on any atom is -0.337 e. The van der Waals surface area contributed by atoms with E-state index in [1.54, 1.807) is 16.3 Å². The molecule has 1 aliphatic rings. The second-order valence-corrected chi connectivity index (χ2v) is 6.85. The number of carbonyl (C=O) groups is 1. The van der Waals surface area contributed by atoms with Gasteiger partial charge in [-0.05, 0) is 54.8 Å². The van der Waals surface area contributed by atoms with Gasteiger partial charge in [-0.2, -0.15) is 13.2 Å². The van der Waals surface area contributed by atoms with Crippen molar-refractivity contribution in [2.45, 2.75) is 31.9 Å². The van der Waals surface area contributed by atoms with Crippen LogP contribution in [0.5, 0.6) is 0 Å². The summed E-state index contributed by atoms with van der Waals surface area (Å²) >= 11 is 1.13. The second kappa shape index (κ2) is 7.51. The highest BCUT2D eigenvalue weighted by Gasteiger charge is 2.33. The van der Waals surface area contributed by atoms with Crippen LogP contribution >= 0.6 is 11.5 Å². The van der Waals surface area contributed by atoms with Gasteiger partial charge in [-0.15, -0.1) is 5.10 Å². The van der Waals surface area contributed by atoms with Crippen LogP contribution in [0.1, 0.15) is 40.9 Å². The lowest BCUT2D eigenvalue weighted by molar-refractivity contribution is -0.138. The van der Waals surface area contributed by atoms with E-state index in [1.807, 2.05) is 0 Å². The van der Waals surface area contributed by atoms with E-state index in [0.29, 0.717) is 37.2 Å². The van der Waals surface area contributed by atoms with Gasteiger partial charge in [0, 0.05) is 18.5 Å². The number of halogens is 3. The summed E-state index contributed by atoms with van der Waals surface area (Å²) in [7, 11) is 0. The Morgan fingerprint density at radius 1 is 1.32 bits per heavy atom. The van der Waals surface area contributed by atoms with E-state index in [0.717, 1.165) is 30.4 Å². The van der Waals surface area contributed by atoms with E-state index in [4.69, 9.17) is 0 Å². The number of aryl methyl sites for hydroxylation is 1. The Morgan fingerprint density at radius 3 is 2.84 bits per heavy atom. The van der Waals surface area contributed by atoms with Crippen molar-refractivity contribution >= 4 is 17.4 Å². The average Bonchev–Trinajstić information content (AvgIpc) is 3.13. The van der Waals surface area contributed by atoms with Crippen LogP contribution < -0.4 is 0 Å². The molecule has 2 heterocycles. The molecule has 1 aromatic carbocycles. The van der Waals surface area contributed by atoms with Gasteiger partial charge in [-0.1, -0.05) is 22.7 Å². The van der Waals surface area contributed by atoms with Crippen molar-refractivity contribution in [1.82, 2.24) is 14.5 Å². The van der Waals surface area contributed by atoms with Crippen LogP contribution in [0.15, 0.2) is 29.6 Å². The van der Waals surface area contributed by atoms with Crippen molar-refractivity contribution in [2.24, 2.45) is 5.92 Å². The lowest BCUT2D eigenvalue weighted by Crippen LogP contribution is -2.40. The largest absolute Gasteiger partial charge is 0.416 e. The molecule has 1 aromatic heterocycles. The first-order valence-electron chi connectivity index (χ1n) is 8.16. The van der Waals surface area contributed by atoms with Crippen LogP contribution in [0.3, 0.4) is 0 Å². The van der Waals surface area contributed by atoms with Gasteiger partial charge in [0.15, 0.2) is 5.69 Å².